The van der Waals surface area contributed by atoms with Crippen LogP contribution in [0.5, 0.6) is 17.2 Å². The summed E-state index contributed by atoms with van der Waals surface area (Å²) < 4.78 is 16.9. The van der Waals surface area contributed by atoms with Gasteiger partial charge in [-0.25, -0.2) is 0 Å². The molecule has 0 aromatic heterocycles. The minimum Gasteiger partial charge on any atom is -0.497 e. The summed E-state index contributed by atoms with van der Waals surface area (Å²) in [5.74, 6) is 2.48. The van der Waals surface area contributed by atoms with Gasteiger partial charge in [-0.05, 0) is 56.3 Å². The Balaban J connectivity index is 1.67. The minimum atomic E-state index is 0.0517. The Hall–Kier alpha value is -2.69. The third-order valence-corrected chi connectivity index (χ3v) is 4.20. The Morgan fingerprint density at radius 3 is 2.60 bits per heavy atom. The van der Waals surface area contributed by atoms with Gasteiger partial charge in [0.2, 0.25) is 0 Å². The molecule has 0 aliphatic carbocycles. The highest BCUT2D eigenvalue weighted by Crippen LogP contribution is 2.34. The molecule has 132 valence electrons. The number of carbonyl (C=O) groups excluding carboxylic acids is 1. The van der Waals surface area contributed by atoms with E-state index in [1.807, 2.05) is 49.4 Å². The van der Waals surface area contributed by atoms with E-state index in [0.717, 1.165) is 29.5 Å². The fourth-order valence-electron chi connectivity index (χ4n) is 2.90. The predicted molar refractivity (Wildman–Crippen MR) is 97.2 cm³/mol. The van der Waals surface area contributed by atoms with Crippen molar-refractivity contribution in [2.24, 2.45) is 0 Å². The van der Waals surface area contributed by atoms with E-state index in [1.54, 1.807) is 14.0 Å². The van der Waals surface area contributed by atoms with Gasteiger partial charge in [0, 0.05) is 5.56 Å². The lowest BCUT2D eigenvalue weighted by atomic mass is 10.1. The number of rotatable bonds is 6. The third kappa shape index (κ3) is 4.05. The average molecular weight is 341 g/mol. The highest BCUT2D eigenvalue weighted by Gasteiger charge is 2.23. The standard InChI is InChI=1S/C20H23NO4/c1-14-13-21(10-11-24-18-7-5-17(23-3)6-8-18)19-12-16(15(2)22)4-9-20(19)25-14/h4-9,12,14H,10-11,13H2,1-3H3. The molecule has 1 atom stereocenters. The molecular weight excluding hydrogens is 318 g/mol. The van der Waals surface area contributed by atoms with Crippen molar-refractivity contribution in [3.05, 3.63) is 48.0 Å². The van der Waals surface area contributed by atoms with Crippen LogP contribution in [0, 0.1) is 0 Å². The SMILES string of the molecule is COc1ccc(OCCN2CC(C)Oc3ccc(C(C)=O)cc32)cc1. The van der Waals surface area contributed by atoms with Crippen LogP contribution in [0.1, 0.15) is 24.2 Å². The highest BCUT2D eigenvalue weighted by atomic mass is 16.5. The molecule has 1 heterocycles. The summed E-state index contributed by atoms with van der Waals surface area (Å²) in [6.45, 7) is 5.64. The molecule has 0 N–H and O–H groups in total. The molecular formula is C20H23NO4. The Bertz CT molecular complexity index is 742. The Morgan fingerprint density at radius 2 is 1.92 bits per heavy atom. The van der Waals surface area contributed by atoms with Crippen molar-refractivity contribution in [1.82, 2.24) is 0 Å². The number of hydrogen-bond donors (Lipinski definition) is 0. The molecule has 0 amide bonds. The number of nitrogens with zero attached hydrogens (tertiary/aromatic N) is 1. The first-order valence-electron chi connectivity index (χ1n) is 8.40. The fourth-order valence-corrected chi connectivity index (χ4v) is 2.90. The number of anilines is 1. The molecule has 0 radical (unpaired) electrons. The van der Waals surface area contributed by atoms with Crippen molar-refractivity contribution in [3.63, 3.8) is 0 Å². The number of Topliss-reactive ketones (excluding diaryl/α,β-unsaturated/α-hetero) is 1. The fraction of sp³-hybridized carbons (Fsp3) is 0.350. The zero-order valence-corrected chi connectivity index (χ0v) is 14.8. The number of methoxy groups -OCH3 is 1. The van der Waals surface area contributed by atoms with Gasteiger partial charge in [0.15, 0.2) is 5.78 Å². The topological polar surface area (TPSA) is 48.0 Å². The zero-order chi connectivity index (χ0) is 17.8. The number of ketones is 1. The van der Waals surface area contributed by atoms with Crippen molar-refractivity contribution in [2.45, 2.75) is 20.0 Å². The Kier molecular flexibility index (Phi) is 5.12. The molecule has 1 aliphatic rings. The first kappa shape index (κ1) is 17.1. The van der Waals surface area contributed by atoms with Crippen LogP contribution in [0.2, 0.25) is 0 Å². The largest absolute Gasteiger partial charge is 0.497 e. The lowest BCUT2D eigenvalue weighted by molar-refractivity contribution is 0.101. The van der Waals surface area contributed by atoms with E-state index in [2.05, 4.69) is 4.90 Å². The van der Waals surface area contributed by atoms with E-state index >= 15 is 0 Å². The van der Waals surface area contributed by atoms with Crippen molar-refractivity contribution in [2.75, 3.05) is 31.7 Å². The van der Waals surface area contributed by atoms with Crippen LogP contribution in [0.3, 0.4) is 0 Å². The average Bonchev–Trinajstić information content (AvgIpc) is 2.61. The highest BCUT2D eigenvalue weighted by molar-refractivity contribution is 5.95. The van der Waals surface area contributed by atoms with E-state index in [0.29, 0.717) is 18.7 Å². The number of fused-ring (bicyclic) bond motifs is 1. The van der Waals surface area contributed by atoms with E-state index in [1.165, 1.54) is 0 Å². The van der Waals surface area contributed by atoms with Crippen LogP contribution in [-0.2, 0) is 0 Å². The first-order valence-corrected chi connectivity index (χ1v) is 8.40. The van der Waals surface area contributed by atoms with Gasteiger partial charge in [-0.2, -0.15) is 0 Å². The van der Waals surface area contributed by atoms with Gasteiger partial charge in [0.25, 0.3) is 0 Å². The molecule has 1 unspecified atom stereocenters. The molecule has 0 saturated carbocycles. The maximum absolute atomic E-state index is 11.7. The van der Waals surface area contributed by atoms with Crippen molar-refractivity contribution >= 4 is 11.5 Å². The number of benzene rings is 2. The smallest absolute Gasteiger partial charge is 0.159 e. The lowest BCUT2D eigenvalue weighted by Gasteiger charge is -2.35. The summed E-state index contributed by atoms with van der Waals surface area (Å²) in [6, 6.07) is 13.1. The summed E-state index contributed by atoms with van der Waals surface area (Å²) in [7, 11) is 1.64. The van der Waals surface area contributed by atoms with Crippen LogP contribution in [0.25, 0.3) is 0 Å². The van der Waals surface area contributed by atoms with Crippen molar-refractivity contribution < 1.29 is 19.0 Å². The molecule has 0 bridgehead atoms. The number of carbonyl (C=O) groups is 1. The number of hydrogen-bond acceptors (Lipinski definition) is 5. The molecule has 1 aliphatic heterocycles. The van der Waals surface area contributed by atoms with E-state index in [9.17, 15) is 4.79 Å². The lowest BCUT2D eigenvalue weighted by Crippen LogP contribution is -2.40. The normalized spacial score (nSPS) is 16.0. The van der Waals surface area contributed by atoms with Gasteiger partial charge in [0.05, 0.1) is 25.9 Å². The molecule has 5 nitrogen and oxygen atoms in total. The van der Waals surface area contributed by atoms with E-state index in [4.69, 9.17) is 14.2 Å². The number of ether oxygens (including phenoxy) is 3. The van der Waals surface area contributed by atoms with Gasteiger partial charge >= 0.3 is 0 Å². The molecule has 2 aromatic carbocycles. The van der Waals surface area contributed by atoms with Crippen LogP contribution in [-0.4, -0.2) is 38.7 Å². The second-order valence-electron chi connectivity index (χ2n) is 6.14. The molecule has 5 heteroatoms. The van der Waals surface area contributed by atoms with Crippen LogP contribution in [0.4, 0.5) is 5.69 Å². The summed E-state index contributed by atoms with van der Waals surface area (Å²) in [5, 5.41) is 0. The predicted octanol–water partition coefficient (Wildman–Crippen LogP) is 3.56. The van der Waals surface area contributed by atoms with Gasteiger partial charge in [0.1, 0.15) is 30.0 Å². The quantitative estimate of drug-likeness (QED) is 0.752. The van der Waals surface area contributed by atoms with Crippen LogP contribution < -0.4 is 19.1 Å². The molecule has 2 aromatic rings. The zero-order valence-electron chi connectivity index (χ0n) is 14.8. The first-order chi connectivity index (χ1) is 12.1. The minimum absolute atomic E-state index is 0.0517. The summed E-state index contributed by atoms with van der Waals surface area (Å²) >= 11 is 0. The molecule has 0 fully saturated rings. The molecule has 0 spiro atoms. The van der Waals surface area contributed by atoms with Gasteiger partial charge in [-0.1, -0.05) is 0 Å². The van der Waals surface area contributed by atoms with Crippen molar-refractivity contribution in [3.8, 4) is 17.2 Å². The second kappa shape index (κ2) is 7.47. The summed E-state index contributed by atoms with van der Waals surface area (Å²) in [4.78, 5) is 13.9. The van der Waals surface area contributed by atoms with E-state index < -0.39 is 0 Å². The maximum Gasteiger partial charge on any atom is 0.159 e. The molecule has 0 saturated heterocycles. The van der Waals surface area contributed by atoms with Gasteiger partial charge in [-0.3, -0.25) is 4.79 Å². The van der Waals surface area contributed by atoms with Crippen molar-refractivity contribution in [1.29, 1.82) is 0 Å². The van der Waals surface area contributed by atoms with Crippen LogP contribution in [0.15, 0.2) is 42.5 Å². The second-order valence-corrected chi connectivity index (χ2v) is 6.14. The maximum atomic E-state index is 11.7. The molecule has 25 heavy (non-hydrogen) atoms. The third-order valence-electron chi connectivity index (χ3n) is 4.20. The van der Waals surface area contributed by atoms with E-state index in [-0.39, 0.29) is 11.9 Å². The molecule has 3 rings (SSSR count). The Labute approximate surface area is 148 Å². The summed E-state index contributed by atoms with van der Waals surface area (Å²) in [6.07, 6.45) is 0.0941. The van der Waals surface area contributed by atoms with Gasteiger partial charge in [-0.15, -0.1) is 0 Å². The monoisotopic (exact) mass is 341 g/mol. The Morgan fingerprint density at radius 1 is 1.20 bits per heavy atom. The van der Waals surface area contributed by atoms with Gasteiger partial charge < -0.3 is 19.1 Å². The summed E-state index contributed by atoms with van der Waals surface area (Å²) in [5.41, 5.74) is 1.64. The van der Waals surface area contributed by atoms with Crippen LogP contribution >= 0.6 is 0 Å².